The Morgan fingerprint density at radius 1 is 1.50 bits per heavy atom. The molecule has 0 unspecified atom stereocenters. The first kappa shape index (κ1) is 14.8. The highest BCUT2D eigenvalue weighted by molar-refractivity contribution is 5.82. The predicted octanol–water partition coefficient (Wildman–Crippen LogP) is 0.394. The van der Waals surface area contributed by atoms with Gasteiger partial charge in [0, 0.05) is 19.6 Å². The van der Waals surface area contributed by atoms with E-state index in [9.17, 15) is 4.79 Å². The van der Waals surface area contributed by atoms with Crippen molar-refractivity contribution in [3.63, 3.8) is 0 Å². The van der Waals surface area contributed by atoms with Crippen molar-refractivity contribution in [2.24, 2.45) is 0 Å². The van der Waals surface area contributed by atoms with Crippen LogP contribution in [0.25, 0.3) is 0 Å². The summed E-state index contributed by atoms with van der Waals surface area (Å²) < 4.78 is 5.66. The summed E-state index contributed by atoms with van der Waals surface area (Å²) in [5, 5.41) is 6.16. The first-order valence-corrected chi connectivity index (χ1v) is 7.05. The number of piperazine rings is 1. The molecule has 0 aliphatic carbocycles. The molecule has 0 spiro atoms. The van der Waals surface area contributed by atoms with Crippen LogP contribution in [-0.4, -0.2) is 56.7 Å². The summed E-state index contributed by atoms with van der Waals surface area (Å²) in [6.45, 7) is 5.57. The number of likely N-dealkylation sites (N-methyl/N-ethyl adjacent to an activating group) is 1. The van der Waals surface area contributed by atoms with E-state index in [4.69, 9.17) is 4.74 Å². The van der Waals surface area contributed by atoms with E-state index < -0.39 is 0 Å². The lowest BCUT2D eigenvalue weighted by Gasteiger charge is -2.31. The number of amides is 1. The summed E-state index contributed by atoms with van der Waals surface area (Å²) in [5.74, 6) is 0.936. The Labute approximate surface area is 120 Å². The highest BCUT2D eigenvalue weighted by Gasteiger charge is 2.25. The summed E-state index contributed by atoms with van der Waals surface area (Å²) >= 11 is 0. The Balaban J connectivity index is 1.70. The maximum Gasteiger partial charge on any atom is 0.238 e. The summed E-state index contributed by atoms with van der Waals surface area (Å²) in [5.41, 5.74) is 1.11. The minimum absolute atomic E-state index is 0.0630. The number of nitrogens with one attached hydrogen (secondary N) is 2. The highest BCUT2D eigenvalue weighted by Crippen LogP contribution is 2.15. The molecule has 1 fully saturated rings. The first-order valence-electron chi connectivity index (χ1n) is 7.05. The summed E-state index contributed by atoms with van der Waals surface area (Å²) in [7, 11) is 1.98. The Morgan fingerprint density at radius 3 is 3.05 bits per heavy atom. The normalized spacial score (nSPS) is 19.6. The summed E-state index contributed by atoms with van der Waals surface area (Å²) in [6.07, 6.45) is 0. The van der Waals surface area contributed by atoms with Crippen molar-refractivity contribution in [1.29, 1.82) is 0 Å². The molecule has 0 saturated carbocycles. The maximum absolute atomic E-state index is 12.0. The van der Waals surface area contributed by atoms with E-state index in [1.54, 1.807) is 0 Å². The van der Waals surface area contributed by atoms with Gasteiger partial charge in [0.05, 0.1) is 6.54 Å². The van der Waals surface area contributed by atoms with E-state index in [0.717, 1.165) is 24.4 Å². The fourth-order valence-corrected chi connectivity index (χ4v) is 2.27. The lowest BCUT2D eigenvalue weighted by molar-refractivity contribution is -0.126. The van der Waals surface area contributed by atoms with Crippen LogP contribution in [0.15, 0.2) is 24.3 Å². The van der Waals surface area contributed by atoms with E-state index in [-0.39, 0.29) is 11.9 Å². The molecule has 110 valence electrons. The van der Waals surface area contributed by atoms with Crippen LogP contribution in [0.1, 0.15) is 5.56 Å². The van der Waals surface area contributed by atoms with Crippen LogP contribution in [0.2, 0.25) is 0 Å². The molecule has 5 heteroatoms. The number of nitrogens with zero attached hydrogens (tertiary/aromatic N) is 1. The predicted molar refractivity (Wildman–Crippen MR) is 79.0 cm³/mol. The van der Waals surface area contributed by atoms with Gasteiger partial charge in [0.25, 0.3) is 0 Å². The van der Waals surface area contributed by atoms with Gasteiger partial charge >= 0.3 is 0 Å². The molecule has 2 N–H and O–H groups in total. The van der Waals surface area contributed by atoms with Crippen molar-refractivity contribution in [3.05, 3.63) is 29.8 Å². The average Bonchev–Trinajstić information content (AvgIpc) is 2.45. The molecule has 1 aliphatic heterocycles. The van der Waals surface area contributed by atoms with Gasteiger partial charge in [-0.2, -0.15) is 0 Å². The number of hydrogen-bond donors (Lipinski definition) is 2. The van der Waals surface area contributed by atoms with Crippen molar-refractivity contribution in [2.75, 3.05) is 39.8 Å². The molecule has 0 bridgehead atoms. The molecule has 1 aromatic carbocycles. The van der Waals surface area contributed by atoms with E-state index in [1.165, 1.54) is 0 Å². The second-order valence-electron chi connectivity index (χ2n) is 5.11. The SMILES string of the molecule is Cc1ccccc1OCCNC(=O)[C@H]1CNCCN1C. The van der Waals surface area contributed by atoms with Crippen molar-refractivity contribution < 1.29 is 9.53 Å². The van der Waals surface area contributed by atoms with Crippen molar-refractivity contribution in [1.82, 2.24) is 15.5 Å². The smallest absolute Gasteiger partial charge is 0.238 e. The Morgan fingerprint density at radius 2 is 2.30 bits per heavy atom. The third-order valence-corrected chi connectivity index (χ3v) is 3.57. The lowest BCUT2D eigenvalue weighted by atomic mass is 10.2. The first-order chi connectivity index (χ1) is 9.68. The van der Waals surface area contributed by atoms with Gasteiger partial charge in [0.1, 0.15) is 18.4 Å². The fourth-order valence-electron chi connectivity index (χ4n) is 2.27. The molecule has 0 radical (unpaired) electrons. The van der Waals surface area contributed by atoms with E-state index in [1.807, 2.05) is 38.2 Å². The van der Waals surface area contributed by atoms with Crippen LogP contribution in [0, 0.1) is 6.92 Å². The van der Waals surface area contributed by atoms with Gasteiger partial charge in [0.15, 0.2) is 0 Å². The second-order valence-corrected chi connectivity index (χ2v) is 5.11. The molecule has 20 heavy (non-hydrogen) atoms. The third-order valence-electron chi connectivity index (χ3n) is 3.57. The number of ether oxygens (including phenoxy) is 1. The van der Waals surface area contributed by atoms with E-state index in [2.05, 4.69) is 15.5 Å². The Kier molecular flexibility index (Phi) is 5.38. The van der Waals surface area contributed by atoms with Gasteiger partial charge in [-0.25, -0.2) is 0 Å². The van der Waals surface area contributed by atoms with Crippen LogP contribution >= 0.6 is 0 Å². The van der Waals surface area contributed by atoms with Gasteiger partial charge in [0.2, 0.25) is 5.91 Å². The number of hydrogen-bond acceptors (Lipinski definition) is 4. The monoisotopic (exact) mass is 277 g/mol. The average molecular weight is 277 g/mol. The molecular weight excluding hydrogens is 254 g/mol. The minimum Gasteiger partial charge on any atom is -0.491 e. The van der Waals surface area contributed by atoms with Gasteiger partial charge in [-0.05, 0) is 25.6 Å². The molecule has 1 aliphatic rings. The highest BCUT2D eigenvalue weighted by atomic mass is 16.5. The maximum atomic E-state index is 12.0. The van der Waals surface area contributed by atoms with Crippen LogP contribution in [0.5, 0.6) is 5.75 Å². The number of carbonyl (C=O) groups excluding carboxylic acids is 1. The van der Waals surface area contributed by atoms with Crippen molar-refractivity contribution in [2.45, 2.75) is 13.0 Å². The van der Waals surface area contributed by atoms with E-state index in [0.29, 0.717) is 19.7 Å². The van der Waals surface area contributed by atoms with Crippen LogP contribution < -0.4 is 15.4 Å². The zero-order chi connectivity index (χ0) is 14.4. The summed E-state index contributed by atoms with van der Waals surface area (Å²) in [4.78, 5) is 14.1. The van der Waals surface area contributed by atoms with Crippen LogP contribution in [0.4, 0.5) is 0 Å². The van der Waals surface area contributed by atoms with Crippen molar-refractivity contribution >= 4 is 5.91 Å². The molecule has 2 rings (SSSR count). The molecule has 5 nitrogen and oxygen atoms in total. The number of carbonyl (C=O) groups is 1. The third kappa shape index (κ3) is 3.95. The summed E-state index contributed by atoms with van der Waals surface area (Å²) in [6, 6.07) is 7.80. The zero-order valence-corrected chi connectivity index (χ0v) is 12.2. The van der Waals surface area contributed by atoms with Crippen LogP contribution in [0.3, 0.4) is 0 Å². The molecule has 0 aromatic heterocycles. The van der Waals surface area contributed by atoms with Gasteiger partial charge < -0.3 is 15.4 Å². The number of benzene rings is 1. The molecule has 1 aromatic rings. The second kappa shape index (κ2) is 7.26. The largest absolute Gasteiger partial charge is 0.491 e. The Bertz CT molecular complexity index is 450. The standard InChI is InChI=1S/C15H23N3O2/c1-12-5-3-4-6-14(12)20-10-8-17-15(19)13-11-16-7-9-18(13)2/h3-6,13,16H,7-11H2,1-2H3,(H,17,19)/t13-/m1/s1. The fraction of sp³-hybridized carbons (Fsp3) is 0.533. The zero-order valence-electron chi connectivity index (χ0n) is 12.2. The lowest BCUT2D eigenvalue weighted by Crippen LogP contribution is -2.56. The van der Waals surface area contributed by atoms with Gasteiger partial charge in [-0.15, -0.1) is 0 Å². The van der Waals surface area contributed by atoms with Gasteiger partial charge in [-0.1, -0.05) is 18.2 Å². The van der Waals surface area contributed by atoms with E-state index >= 15 is 0 Å². The number of rotatable bonds is 5. The molecular formula is C15H23N3O2. The van der Waals surface area contributed by atoms with Crippen LogP contribution in [-0.2, 0) is 4.79 Å². The quantitative estimate of drug-likeness (QED) is 0.765. The molecule has 1 heterocycles. The molecule has 1 saturated heterocycles. The topological polar surface area (TPSA) is 53.6 Å². The number of para-hydroxylation sites is 1. The molecule has 1 amide bonds. The van der Waals surface area contributed by atoms with Gasteiger partial charge in [-0.3, -0.25) is 9.69 Å². The minimum atomic E-state index is -0.0813. The van der Waals surface area contributed by atoms with Crippen molar-refractivity contribution in [3.8, 4) is 5.75 Å². The number of aryl methyl sites for hydroxylation is 1. The molecule has 1 atom stereocenters. The Hall–Kier alpha value is -1.59.